The molecule has 0 fully saturated rings. The normalized spacial score (nSPS) is 13.9. The number of benzene rings is 1. The zero-order valence-electron chi connectivity index (χ0n) is 14.7. The van der Waals surface area contributed by atoms with Crippen LogP contribution in [-0.2, 0) is 9.53 Å². The Labute approximate surface area is 148 Å². The van der Waals surface area contributed by atoms with E-state index in [1.807, 2.05) is 18.2 Å². The first-order valence-corrected chi connectivity index (χ1v) is 8.07. The smallest absolute Gasteiger partial charge is 0.408 e. The van der Waals surface area contributed by atoms with Gasteiger partial charge in [0, 0.05) is 7.05 Å². The molecule has 1 aromatic carbocycles. The molecule has 0 saturated heterocycles. The van der Waals surface area contributed by atoms with E-state index in [2.05, 4.69) is 18.5 Å². The Balaban J connectivity index is 2.79. The average molecular weight is 346 g/mol. The predicted molar refractivity (Wildman–Crippen MR) is 96.9 cm³/mol. The zero-order chi connectivity index (χ0) is 18.8. The van der Waals surface area contributed by atoms with Crippen LogP contribution >= 0.6 is 0 Å². The number of carbonyl (C=O) groups excluding carboxylic acids is 2. The molecular weight excluding hydrogens is 320 g/mol. The quantitative estimate of drug-likeness (QED) is 0.673. The fourth-order valence-corrected chi connectivity index (χ4v) is 2.29. The molecule has 0 radical (unpaired) electrons. The summed E-state index contributed by atoms with van der Waals surface area (Å²) in [7, 11) is 1.59. The lowest BCUT2D eigenvalue weighted by atomic mass is 10.0. The highest BCUT2D eigenvalue weighted by Gasteiger charge is 2.29. The fraction of sp³-hybridized carbons (Fsp3) is 0.368. The molecule has 1 aromatic rings. The molecule has 3 atom stereocenters. The van der Waals surface area contributed by atoms with Crippen molar-refractivity contribution in [1.29, 1.82) is 0 Å². The van der Waals surface area contributed by atoms with Crippen molar-refractivity contribution >= 4 is 12.0 Å². The van der Waals surface area contributed by atoms with Crippen LogP contribution in [0.1, 0.15) is 25.0 Å². The van der Waals surface area contributed by atoms with Crippen LogP contribution < -0.4 is 5.32 Å². The van der Waals surface area contributed by atoms with Crippen LogP contribution in [0.15, 0.2) is 55.6 Å². The summed E-state index contributed by atoms with van der Waals surface area (Å²) in [5.74, 6) is -0.335. The third-order valence-corrected chi connectivity index (χ3v) is 3.88. The van der Waals surface area contributed by atoms with Gasteiger partial charge in [0.2, 0.25) is 5.91 Å². The maximum absolute atomic E-state index is 12.7. The van der Waals surface area contributed by atoms with Gasteiger partial charge in [0.05, 0.1) is 12.1 Å². The second-order valence-corrected chi connectivity index (χ2v) is 5.65. The minimum absolute atomic E-state index is 0.0554. The van der Waals surface area contributed by atoms with E-state index in [1.54, 1.807) is 32.2 Å². The summed E-state index contributed by atoms with van der Waals surface area (Å²) < 4.78 is 4.85. The minimum Gasteiger partial charge on any atom is -0.445 e. The van der Waals surface area contributed by atoms with Crippen molar-refractivity contribution < 1.29 is 19.4 Å². The van der Waals surface area contributed by atoms with Gasteiger partial charge in [-0.25, -0.2) is 4.79 Å². The number of amides is 2. The number of nitrogens with zero attached hydrogens (tertiary/aromatic N) is 1. The third-order valence-electron chi connectivity index (χ3n) is 3.88. The van der Waals surface area contributed by atoms with Gasteiger partial charge in [-0.15, -0.1) is 6.58 Å². The highest BCUT2D eigenvalue weighted by Crippen LogP contribution is 2.20. The third kappa shape index (κ3) is 6.08. The van der Waals surface area contributed by atoms with E-state index in [-0.39, 0.29) is 18.9 Å². The molecular formula is C19H26N2O4. The summed E-state index contributed by atoms with van der Waals surface area (Å²) in [6, 6.07) is 7.81. The van der Waals surface area contributed by atoms with Gasteiger partial charge in [0.15, 0.2) is 0 Å². The van der Waals surface area contributed by atoms with E-state index in [1.165, 1.54) is 11.0 Å². The van der Waals surface area contributed by atoms with E-state index < -0.39 is 24.3 Å². The summed E-state index contributed by atoms with van der Waals surface area (Å²) in [6.07, 6.45) is 1.69. The molecule has 0 heterocycles. The van der Waals surface area contributed by atoms with Crippen molar-refractivity contribution in [3.8, 4) is 0 Å². The standard InChI is InChI=1S/C19H26N2O4/c1-5-10-16(20-19(24)25-13-6-2)18(23)21(4)14(3)17(22)15-11-8-7-9-12-15/h5-9,11-12,14,16-17,22H,1-2,10,13H2,3-4H3,(H,20,24)/t14-,16+,17+/m0/s1. The van der Waals surface area contributed by atoms with Gasteiger partial charge in [0.25, 0.3) is 0 Å². The number of nitrogens with one attached hydrogen (secondary N) is 1. The van der Waals surface area contributed by atoms with Gasteiger partial charge in [-0.1, -0.05) is 49.1 Å². The Hall–Kier alpha value is -2.60. The molecule has 25 heavy (non-hydrogen) atoms. The summed E-state index contributed by atoms with van der Waals surface area (Å²) in [6.45, 7) is 8.87. The highest BCUT2D eigenvalue weighted by molar-refractivity contribution is 5.86. The van der Waals surface area contributed by atoms with Crippen molar-refractivity contribution in [2.75, 3.05) is 13.7 Å². The number of hydrogen-bond donors (Lipinski definition) is 2. The summed E-state index contributed by atoms with van der Waals surface area (Å²) in [5.41, 5.74) is 0.716. The largest absolute Gasteiger partial charge is 0.445 e. The lowest BCUT2D eigenvalue weighted by Crippen LogP contribution is -2.50. The summed E-state index contributed by atoms with van der Waals surface area (Å²) in [5, 5.41) is 13.0. The molecule has 6 heteroatoms. The lowest BCUT2D eigenvalue weighted by Gasteiger charge is -2.32. The van der Waals surface area contributed by atoms with E-state index in [4.69, 9.17) is 4.74 Å². The first-order chi connectivity index (χ1) is 11.9. The van der Waals surface area contributed by atoms with Gasteiger partial charge in [-0.05, 0) is 18.9 Å². The predicted octanol–water partition coefficient (Wildman–Crippen LogP) is 2.42. The molecule has 6 nitrogen and oxygen atoms in total. The number of carbonyl (C=O) groups is 2. The van der Waals surface area contributed by atoms with E-state index in [0.717, 1.165) is 0 Å². The molecule has 0 aliphatic carbocycles. The number of alkyl carbamates (subject to hydrolysis) is 1. The lowest BCUT2D eigenvalue weighted by molar-refractivity contribution is -0.136. The van der Waals surface area contributed by atoms with Gasteiger partial charge >= 0.3 is 6.09 Å². The van der Waals surface area contributed by atoms with E-state index in [0.29, 0.717) is 5.56 Å². The molecule has 1 rings (SSSR count). The van der Waals surface area contributed by atoms with Crippen LogP contribution in [0.2, 0.25) is 0 Å². The second kappa shape index (κ2) is 10.3. The molecule has 0 bridgehead atoms. The number of rotatable bonds is 9. The Bertz CT molecular complexity index is 588. The maximum atomic E-state index is 12.7. The average Bonchev–Trinajstić information content (AvgIpc) is 2.64. The molecule has 0 saturated carbocycles. The Morgan fingerprint density at radius 2 is 1.92 bits per heavy atom. The molecule has 2 amide bonds. The second-order valence-electron chi connectivity index (χ2n) is 5.65. The van der Waals surface area contributed by atoms with Crippen LogP contribution in [0, 0.1) is 0 Å². The number of likely N-dealkylation sites (N-methyl/N-ethyl adjacent to an activating group) is 1. The molecule has 2 N–H and O–H groups in total. The zero-order valence-corrected chi connectivity index (χ0v) is 14.7. The van der Waals surface area contributed by atoms with Crippen molar-refractivity contribution in [2.24, 2.45) is 0 Å². The van der Waals surface area contributed by atoms with Crippen LogP contribution in [0.25, 0.3) is 0 Å². The molecule has 0 spiro atoms. The van der Waals surface area contributed by atoms with E-state index >= 15 is 0 Å². The Morgan fingerprint density at radius 3 is 2.48 bits per heavy atom. The van der Waals surface area contributed by atoms with Crippen molar-refractivity contribution in [1.82, 2.24) is 10.2 Å². The van der Waals surface area contributed by atoms with Crippen LogP contribution in [-0.4, -0.2) is 47.7 Å². The molecule has 136 valence electrons. The number of aliphatic hydroxyl groups excluding tert-OH is 1. The van der Waals surface area contributed by atoms with Crippen LogP contribution in [0.4, 0.5) is 4.79 Å². The van der Waals surface area contributed by atoms with E-state index in [9.17, 15) is 14.7 Å². The highest BCUT2D eigenvalue weighted by atomic mass is 16.5. The number of hydrogen-bond acceptors (Lipinski definition) is 4. The maximum Gasteiger partial charge on any atom is 0.408 e. The number of aliphatic hydroxyl groups is 1. The topological polar surface area (TPSA) is 78.9 Å². The monoisotopic (exact) mass is 346 g/mol. The van der Waals surface area contributed by atoms with Gasteiger partial charge in [-0.2, -0.15) is 0 Å². The molecule has 0 aliphatic heterocycles. The first-order valence-electron chi connectivity index (χ1n) is 8.07. The number of ether oxygens (including phenoxy) is 1. The van der Waals surface area contributed by atoms with Crippen molar-refractivity contribution in [3.05, 3.63) is 61.2 Å². The molecule has 0 aliphatic rings. The van der Waals surface area contributed by atoms with Crippen molar-refractivity contribution in [3.63, 3.8) is 0 Å². The Morgan fingerprint density at radius 1 is 1.28 bits per heavy atom. The first kappa shape index (κ1) is 20.4. The van der Waals surface area contributed by atoms with Crippen LogP contribution in [0.3, 0.4) is 0 Å². The molecule has 0 aromatic heterocycles. The van der Waals surface area contributed by atoms with Gasteiger partial charge in [0.1, 0.15) is 12.6 Å². The summed E-state index contributed by atoms with van der Waals surface area (Å²) in [4.78, 5) is 25.8. The van der Waals surface area contributed by atoms with Gasteiger partial charge < -0.3 is 20.1 Å². The van der Waals surface area contributed by atoms with Crippen LogP contribution in [0.5, 0.6) is 0 Å². The van der Waals surface area contributed by atoms with Gasteiger partial charge in [-0.3, -0.25) is 4.79 Å². The van der Waals surface area contributed by atoms with Crippen molar-refractivity contribution in [2.45, 2.75) is 31.5 Å². The molecule has 0 unspecified atom stereocenters. The fourth-order valence-electron chi connectivity index (χ4n) is 2.29. The SMILES string of the molecule is C=CCOC(=O)N[C@H](CC=C)C(=O)N(C)[C@@H](C)[C@@H](O)c1ccccc1. The summed E-state index contributed by atoms with van der Waals surface area (Å²) >= 11 is 0. The minimum atomic E-state index is -0.841. The Kier molecular flexibility index (Phi) is 8.43.